The number of nitrogens with one attached hydrogen (secondary N) is 1. The molecule has 1 aromatic rings. The highest BCUT2D eigenvalue weighted by Gasteiger charge is 2.26. The van der Waals surface area contributed by atoms with Gasteiger partial charge in [0.2, 0.25) is 10.0 Å². The highest BCUT2D eigenvalue weighted by Crippen LogP contribution is 2.23. The van der Waals surface area contributed by atoms with Gasteiger partial charge in [0.15, 0.2) is 0 Å². The first-order chi connectivity index (χ1) is 9.29. The first-order valence-corrected chi connectivity index (χ1v) is 8.35. The molecule has 1 saturated heterocycles. The predicted octanol–water partition coefficient (Wildman–Crippen LogP) is 1.26. The summed E-state index contributed by atoms with van der Waals surface area (Å²) >= 11 is 0. The van der Waals surface area contributed by atoms with Crippen molar-refractivity contribution >= 4 is 15.7 Å². The van der Waals surface area contributed by atoms with E-state index in [0.29, 0.717) is 21.7 Å². The van der Waals surface area contributed by atoms with Crippen molar-refractivity contribution in [2.45, 2.75) is 37.6 Å². The molecule has 0 amide bonds. The molecule has 3 N–H and O–H groups in total. The number of anilines is 1. The molecule has 1 fully saturated rings. The van der Waals surface area contributed by atoms with Crippen molar-refractivity contribution in [3.05, 3.63) is 23.3 Å². The van der Waals surface area contributed by atoms with Crippen LogP contribution in [0.25, 0.3) is 0 Å². The Morgan fingerprint density at radius 2 is 1.90 bits per heavy atom. The number of piperidine rings is 1. The highest BCUT2D eigenvalue weighted by atomic mass is 32.2. The number of nitrogens with zero attached hydrogens (tertiary/aromatic N) is 1. The minimum Gasteiger partial charge on any atom is -0.399 e. The summed E-state index contributed by atoms with van der Waals surface area (Å²) in [5, 5.41) is 0. The molecular formula is C14H23N3O2S. The average molecular weight is 297 g/mol. The van der Waals surface area contributed by atoms with Crippen molar-refractivity contribution < 1.29 is 8.42 Å². The van der Waals surface area contributed by atoms with Crippen molar-refractivity contribution in [3.8, 4) is 0 Å². The van der Waals surface area contributed by atoms with Crippen LogP contribution in [0, 0.1) is 13.8 Å². The van der Waals surface area contributed by atoms with Crippen molar-refractivity contribution in [2.75, 3.05) is 25.9 Å². The maximum Gasteiger partial charge on any atom is 0.241 e. The number of benzene rings is 1. The van der Waals surface area contributed by atoms with Crippen LogP contribution in [0.5, 0.6) is 0 Å². The molecular weight excluding hydrogens is 274 g/mol. The molecule has 112 valence electrons. The lowest BCUT2D eigenvalue weighted by molar-refractivity contribution is 0.242. The van der Waals surface area contributed by atoms with Gasteiger partial charge in [-0.15, -0.1) is 0 Å². The topological polar surface area (TPSA) is 75.4 Å². The molecule has 2 rings (SSSR count). The van der Waals surface area contributed by atoms with Gasteiger partial charge in [0.25, 0.3) is 0 Å². The summed E-state index contributed by atoms with van der Waals surface area (Å²) in [7, 11) is -1.48. The van der Waals surface area contributed by atoms with Gasteiger partial charge < -0.3 is 10.6 Å². The standard InChI is InChI=1S/C14H23N3O2S/c1-10-7-12(15)8-11(2)14(10)20(18,19)16-13-5-4-6-17(3)9-13/h7-8,13,16H,4-6,9,15H2,1-3H3. The van der Waals surface area contributed by atoms with E-state index in [-0.39, 0.29) is 6.04 Å². The Bertz CT molecular complexity index is 575. The molecule has 6 heteroatoms. The second-order valence-corrected chi connectivity index (χ2v) is 7.36. The van der Waals surface area contributed by atoms with Crippen LogP contribution in [-0.2, 0) is 10.0 Å². The first kappa shape index (κ1) is 15.3. The number of sulfonamides is 1. The van der Waals surface area contributed by atoms with E-state index < -0.39 is 10.0 Å². The van der Waals surface area contributed by atoms with Gasteiger partial charge in [-0.3, -0.25) is 0 Å². The molecule has 0 bridgehead atoms. The molecule has 0 radical (unpaired) electrons. The average Bonchev–Trinajstić information content (AvgIpc) is 2.25. The van der Waals surface area contributed by atoms with Gasteiger partial charge in [0.1, 0.15) is 0 Å². The Labute approximate surface area is 121 Å². The van der Waals surface area contributed by atoms with Crippen LogP contribution < -0.4 is 10.5 Å². The van der Waals surface area contributed by atoms with Gasteiger partial charge >= 0.3 is 0 Å². The highest BCUT2D eigenvalue weighted by molar-refractivity contribution is 7.89. The smallest absolute Gasteiger partial charge is 0.241 e. The van der Waals surface area contributed by atoms with E-state index >= 15 is 0 Å². The lowest BCUT2D eigenvalue weighted by atomic mass is 10.1. The molecule has 1 atom stereocenters. The molecule has 0 spiro atoms. The number of nitrogen functional groups attached to an aromatic ring is 1. The maximum absolute atomic E-state index is 12.6. The molecule has 5 nitrogen and oxygen atoms in total. The molecule has 20 heavy (non-hydrogen) atoms. The van der Waals surface area contributed by atoms with E-state index in [9.17, 15) is 8.42 Å². The van der Waals surface area contributed by atoms with Crippen LogP contribution in [0.4, 0.5) is 5.69 Å². The number of hydrogen-bond acceptors (Lipinski definition) is 4. The summed E-state index contributed by atoms with van der Waals surface area (Å²) < 4.78 is 28.0. The second-order valence-electron chi connectivity index (χ2n) is 5.71. The van der Waals surface area contributed by atoms with E-state index in [2.05, 4.69) is 9.62 Å². The number of likely N-dealkylation sites (tertiary alicyclic amines) is 1. The Kier molecular flexibility index (Phi) is 4.36. The number of rotatable bonds is 3. The quantitative estimate of drug-likeness (QED) is 0.824. The molecule has 0 aromatic heterocycles. The minimum absolute atomic E-state index is 0.0184. The van der Waals surface area contributed by atoms with Gasteiger partial charge in [0.05, 0.1) is 4.90 Å². The SMILES string of the molecule is Cc1cc(N)cc(C)c1S(=O)(=O)NC1CCCN(C)C1. The van der Waals surface area contributed by atoms with Crippen LogP contribution in [0.3, 0.4) is 0 Å². The van der Waals surface area contributed by atoms with Crippen LogP contribution in [0.2, 0.25) is 0 Å². The Morgan fingerprint density at radius 3 is 2.45 bits per heavy atom. The van der Waals surface area contributed by atoms with E-state index in [4.69, 9.17) is 5.73 Å². The molecule has 1 heterocycles. The fourth-order valence-corrected chi connectivity index (χ4v) is 4.66. The predicted molar refractivity (Wildman–Crippen MR) is 81.2 cm³/mol. The molecule has 0 aliphatic carbocycles. The minimum atomic E-state index is -3.49. The molecule has 1 aliphatic rings. The van der Waals surface area contributed by atoms with E-state index in [0.717, 1.165) is 25.9 Å². The summed E-state index contributed by atoms with van der Waals surface area (Å²) in [5.41, 5.74) is 7.73. The number of likely N-dealkylation sites (N-methyl/N-ethyl adjacent to an activating group) is 1. The zero-order valence-corrected chi connectivity index (χ0v) is 13.1. The summed E-state index contributed by atoms with van der Waals surface area (Å²) in [6, 6.07) is 3.39. The molecule has 1 unspecified atom stereocenters. The zero-order chi connectivity index (χ0) is 14.9. The van der Waals surface area contributed by atoms with Crippen LogP contribution in [0.1, 0.15) is 24.0 Å². The summed E-state index contributed by atoms with van der Waals surface area (Å²) in [5.74, 6) is 0. The first-order valence-electron chi connectivity index (χ1n) is 6.87. The van der Waals surface area contributed by atoms with Crippen LogP contribution in [0.15, 0.2) is 17.0 Å². The molecule has 0 saturated carbocycles. The second kappa shape index (κ2) is 5.71. The third-order valence-corrected chi connectivity index (χ3v) is 5.52. The molecule has 1 aromatic carbocycles. The lowest BCUT2D eigenvalue weighted by Gasteiger charge is -2.30. The Morgan fingerprint density at radius 1 is 1.30 bits per heavy atom. The zero-order valence-electron chi connectivity index (χ0n) is 12.3. The van der Waals surface area contributed by atoms with Crippen LogP contribution in [-0.4, -0.2) is 39.5 Å². The number of aryl methyl sites for hydroxylation is 2. The van der Waals surface area contributed by atoms with Crippen molar-refractivity contribution in [1.82, 2.24) is 9.62 Å². The Balaban J connectivity index is 2.27. The van der Waals surface area contributed by atoms with Gasteiger partial charge in [0, 0.05) is 18.3 Å². The van der Waals surface area contributed by atoms with Crippen molar-refractivity contribution in [3.63, 3.8) is 0 Å². The van der Waals surface area contributed by atoms with Gasteiger partial charge in [-0.1, -0.05) is 0 Å². The monoisotopic (exact) mass is 297 g/mol. The van der Waals surface area contributed by atoms with Crippen molar-refractivity contribution in [2.24, 2.45) is 0 Å². The lowest BCUT2D eigenvalue weighted by Crippen LogP contribution is -2.46. The van der Waals surface area contributed by atoms with E-state index in [1.165, 1.54) is 0 Å². The molecule has 1 aliphatic heterocycles. The van der Waals surface area contributed by atoms with Crippen LogP contribution >= 0.6 is 0 Å². The van der Waals surface area contributed by atoms with Gasteiger partial charge in [-0.25, -0.2) is 13.1 Å². The van der Waals surface area contributed by atoms with E-state index in [1.54, 1.807) is 26.0 Å². The fourth-order valence-electron chi connectivity index (χ4n) is 2.95. The summed E-state index contributed by atoms with van der Waals surface area (Å²) in [4.78, 5) is 2.51. The number of hydrogen-bond donors (Lipinski definition) is 2. The largest absolute Gasteiger partial charge is 0.399 e. The normalized spacial score (nSPS) is 21.1. The Hall–Kier alpha value is -1.11. The van der Waals surface area contributed by atoms with Gasteiger partial charge in [-0.05, 0) is 63.5 Å². The van der Waals surface area contributed by atoms with Gasteiger partial charge in [-0.2, -0.15) is 0 Å². The fraction of sp³-hybridized carbons (Fsp3) is 0.571. The number of nitrogens with two attached hydrogens (primary N) is 1. The maximum atomic E-state index is 12.6. The van der Waals surface area contributed by atoms with E-state index in [1.807, 2.05) is 7.05 Å². The van der Waals surface area contributed by atoms with Crippen molar-refractivity contribution in [1.29, 1.82) is 0 Å². The summed E-state index contributed by atoms with van der Waals surface area (Å²) in [6.07, 6.45) is 1.90. The third-order valence-electron chi connectivity index (χ3n) is 3.70. The summed E-state index contributed by atoms with van der Waals surface area (Å²) in [6.45, 7) is 5.35. The third kappa shape index (κ3) is 3.31.